The fraction of sp³-hybridized carbons (Fsp3) is 0.286. The number of aliphatic carboxylic acids is 1. The third-order valence-corrected chi connectivity index (χ3v) is 3.14. The van der Waals surface area contributed by atoms with E-state index < -0.39 is 16.8 Å². The third kappa shape index (κ3) is 3.88. The minimum absolute atomic E-state index is 0.0460. The zero-order chi connectivity index (χ0) is 16.2. The number of carboxylic acid groups (broad SMARTS) is 1. The van der Waals surface area contributed by atoms with Gasteiger partial charge >= 0.3 is 5.97 Å². The molecule has 21 heavy (non-hydrogen) atoms. The van der Waals surface area contributed by atoms with Crippen LogP contribution in [0, 0.1) is 10.1 Å². The normalized spacial score (nSPS) is 11.6. The largest absolute Gasteiger partial charge is 0.478 e. The summed E-state index contributed by atoms with van der Waals surface area (Å²) in [6, 6.07) is 4.38. The molecule has 0 spiro atoms. The van der Waals surface area contributed by atoms with Crippen molar-refractivity contribution in [2.24, 2.45) is 0 Å². The van der Waals surface area contributed by atoms with Gasteiger partial charge in [-0.1, -0.05) is 13.0 Å². The maximum absolute atomic E-state index is 11.9. The Kier molecular flexibility index (Phi) is 5.18. The van der Waals surface area contributed by atoms with Gasteiger partial charge in [-0.05, 0) is 26.3 Å². The molecular weight excluding hydrogens is 276 g/mol. The molecule has 0 aromatic heterocycles. The molecule has 7 nitrogen and oxygen atoms in total. The van der Waals surface area contributed by atoms with Gasteiger partial charge in [-0.15, -0.1) is 0 Å². The zero-order valence-electron chi connectivity index (χ0n) is 12.0. The van der Waals surface area contributed by atoms with E-state index in [-0.39, 0.29) is 22.5 Å². The number of hydrogen-bond acceptors (Lipinski definition) is 4. The van der Waals surface area contributed by atoms with E-state index in [4.69, 9.17) is 5.11 Å². The van der Waals surface area contributed by atoms with Gasteiger partial charge in [0, 0.05) is 28.5 Å². The van der Waals surface area contributed by atoms with Crippen LogP contribution in [-0.4, -0.2) is 21.9 Å². The highest BCUT2D eigenvalue weighted by Crippen LogP contribution is 2.24. The molecule has 0 saturated carbocycles. The zero-order valence-corrected chi connectivity index (χ0v) is 12.0. The van der Waals surface area contributed by atoms with Crippen LogP contribution in [0.15, 0.2) is 29.3 Å². The van der Waals surface area contributed by atoms with E-state index in [1.165, 1.54) is 19.9 Å². The van der Waals surface area contributed by atoms with Crippen LogP contribution in [0.25, 0.3) is 0 Å². The van der Waals surface area contributed by atoms with Crippen LogP contribution in [0.4, 0.5) is 11.4 Å². The summed E-state index contributed by atoms with van der Waals surface area (Å²) in [5, 5.41) is 22.2. The molecule has 1 amide bonds. The van der Waals surface area contributed by atoms with Gasteiger partial charge in [0.15, 0.2) is 0 Å². The lowest BCUT2D eigenvalue weighted by Gasteiger charge is -2.08. The lowest BCUT2D eigenvalue weighted by atomic mass is 10.1. The molecule has 2 N–H and O–H groups in total. The van der Waals surface area contributed by atoms with Crippen molar-refractivity contribution in [3.8, 4) is 0 Å². The molecule has 0 fully saturated rings. The predicted octanol–water partition coefficient (Wildman–Crippen LogP) is 2.52. The van der Waals surface area contributed by atoms with Gasteiger partial charge in [-0.25, -0.2) is 4.79 Å². The third-order valence-electron chi connectivity index (χ3n) is 3.14. The molecule has 7 heteroatoms. The number of nitrogens with zero attached hydrogens (tertiary/aromatic N) is 1. The molecule has 0 aliphatic heterocycles. The summed E-state index contributed by atoms with van der Waals surface area (Å²) in [6.45, 7) is 4.50. The Labute approximate surface area is 121 Å². The minimum Gasteiger partial charge on any atom is -0.478 e. The number of aryl methyl sites for hydroxylation is 1. The second-order valence-electron chi connectivity index (χ2n) is 4.46. The highest BCUT2D eigenvalue weighted by Gasteiger charge is 2.16. The number of amides is 1. The summed E-state index contributed by atoms with van der Waals surface area (Å²) in [5.41, 5.74) is 0.706. The molecular formula is C14H16N2O5. The highest BCUT2D eigenvalue weighted by molar-refractivity contribution is 6.08. The van der Waals surface area contributed by atoms with Gasteiger partial charge in [0.05, 0.1) is 4.92 Å². The topological polar surface area (TPSA) is 110 Å². The summed E-state index contributed by atoms with van der Waals surface area (Å²) in [6.07, 6.45) is 0.502. The summed E-state index contributed by atoms with van der Waals surface area (Å²) >= 11 is 0. The number of rotatable bonds is 5. The monoisotopic (exact) mass is 292 g/mol. The second-order valence-corrected chi connectivity index (χ2v) is 4.46. The summed E-state index contributed by atoms with van der Waals surface area (Å²) < 4.78 is 0. The van der Waals surface area contributed by atoms with Crippen molar-refractivity contribution in [3.63, 3.8) is 0 Å². The number of carbonyl (C=O) groups is 2. The number of carboxylic acids is 1. The van der Waals surface area contributed by atoms with Crippen LogP contribution in [0.3, 0.4) is 0 Å². The number of nitrogens with one attached hydrogen (secondary N) is 1. The quantitative estimate of drug-likeness (QED) is 0.492. The maximum Gasteiger partial charge on any atom is 0.331 e. The molecule has 0 aliphatic carbocycles. The van der Waals surface area contributed by atoms with Gasteiger partial charge in [0.2, 0.25) is 0 Å². The van der Waals surface area contributed by atoms with Crippen molar-refractivity contribution >= 4 is 23.3 Å². The van der Waals surface area contributed by atoms with Crippen LogP contribution in [0.1, 0.15) is 26.3 Å². The van der Waals surface area contributed by atoms with E-state index in [9.17, 15) is 19.7 Å². The smallest absolute Gasteiger partial charge is 0.331 e. The van der Waals surface area contributed by atoms with Crippen LogP contribution in [0.2, 0.25) is 0 Å². The Balaban J connectivity index is 3.07. The summed E-state index contributed by atoms with van der Waals surface area (Å²) in [7, 11) is 0. The van der Waals surface area contributed by atoms with Crippen LogP contribution in [0.5, 0.6) is 0 Å². The van der Waals surface area contributed by atoms with Crippen molar-refractivity contribution in [1.82, 2.24) is 0 Å². The standard InChI is InChI=1S/C14H16N2O5/c1-4-10-5-6-11(7-12(10)16(20)21)15-13(17)8(2)9(3)14(18)19/h5-7H,4H2,1-3H3,(H,15,17)(H,18,19). The fourth-order valence-corrected chi connectivity index (χ4v) is 1.67. The molecule has 112 valence electrons. The van der Waals surface area contributed by atoms with E-state index in [1.807, 2.05) is 0 Å². The van der Waals surface area contributed by atoms with E-state index in [1.54, 1.807) is 19.1 Å². The van der Waals surface area contributed by atoms with E-state index >= 15 is 0 Å². The molecule has 0 aliphatic rings. The number of benzene rings is 1. The molecule has 0 saturated heterocycles. The summed E-state index contributed by atoms with van der Waals surface area (Å²) in [5.74, 6) is -1.79. The number of anilines is 1. The second kappa shape index (κ2) is 6.65. The molecule has 0 unspecified atom stereocenters. The van der Waals surface area contributed by atoms with Gasteiger partial charge < -0.3 is 10.4 Å². The molecule has 0 atom stereocenters. The number of hydrogen-bond donors (Lipinski definition) is 2. The first-order chi connectivity index (χ1) is 9.77. The van der Waals surface area contributed by atoms with Crippen molar-refractivity contribution < 1.29 is 19.6 Å². The molecule has 1 aromatic carbocycles. The predicted molar refractivity (Wildman–Crippen MR) is 77.1 cm³/mol. The number of nitro benzene ring substituents is 1. The van der Waals surface area contributed by atoms with Gasteiger partial charge in [-0.3, -0.25) is 14.9 Å². The fourth-order valence-electron chi connectivity index (χ4n) is 1.67. The first-order valence-corrected chi connectivity index (χ1v) is 6.27. The lowest BCUT2D eigenvalue weighted by Crippen LogP contribution is -2.16. The Hall–Kier alpha value is -2.70. The van der Waals surface area contributed by atoms with E-state index in [2.05, 4.69) is 5.32 Å². The first-order valence-electron chi connectivity index (χ1n) is 6.27. The maximum atomic E-state index is 11.9. The molecule has 1 rings (SSSR count). The number of nitro groups is 1. The average molecular weight is 292 g/mol. The summed E-state index contributed by atoms with van der Waals surface area (Å²) in [4.78, 5) is 33.1. The highest BCUT2D eigenvalue weighted by atomic mass is 16.6. The molecule has 0 heterocycles. The minimum atomic E-state index is -1.19. The van der Waals surface area contributed by atoms with Crippen molar-refractivity contribution in [2.45, 2.75) is 27.2 Å². The average Bonchev–Trinajstić information content (AvgIpc) is 2.45. The van der Waals surface area contributed by atoms with Crippen LogP contribution in [-0.2, 0) is 16.0 Å². The Morgan fingerprint density at radius 3 is 2.38 bits per heavy atom. The Morgan fingerprint density at radius 1 is 1.29 bits per heavy atom. The van der Waals surface area contributed by atoms with Gasteiger partial charge in [0.1, 0.15) is 0 Å². The Bertz CT molecular complexity index is 634. The van der Waals surface area contributed by atoms with Crippen molar-refractivity contribution in [2.75, 3.05) is 5.32 Å². The molecule has 1 aromatic rings. The van der Waals surface area contributed by atoms with Gasteiger partial charge in [-0.2, -0.15) is 0 Å². The van der Waals surface area contributed by atoms with E-state index in [0.29, 0.717) is 12.0 Å². The van der Waals surface area contributed by atoms with E-state index in [0.717, 1.165) is 0 Å². The Morgan fingerprint density at radius 2 is 1.90 bits per heavy atom. The molecule has 0 radical (unpaired) electrons. The first kappa shape index (κ1) is 16.4. The number of carbonyl (C=O) groups excluding carboxylic acids is 1. The lowest BCUT2D eigenvalue weighted by molar-refractivity contribution is -0.385. The van der Waals surface area contributed by atoms with Crippen LogP contribution < -0.4 is 5.32 Å². The SMILES string of the molecule is CCc1ccc(NC(=O)C(C)=C(C)C(=O)O)cc1[N+](=O)[O-]. The van der Waals surface area contributed by atoms with Crippen molar-refractivity contribution in [1.29, 1.82) is 0 Å². The van der Waals surface area contributed by atoms with Crippen molar-refractivity contribution in [3.05, 3.63) is 45.0 Å². The molecule has 0 bridgehead atoms. The van der Waals surface area contributed by atoms with Crippen LogP contribution >= 0.6 is 0 Å². The van der Waals surface area contributed by atoms with Gasteiger partial charge in [0.25, 0.3) is 11.6 Å².